The average molecular weight is 418 g/mol. The lowest BCUT2D eigenvalue weighted by Crippen LogP contribution is -2.51. The van der Waals surface area contributed by atoms with Gasteiger partial charge in [0.1, 0.15) is 5.75 Å². The van der Waals surface area contributed by atoms with Crippen LogP contribution in [0.25, 0.3) is 10.8 Å². The second-order valence-corrected chi connectivity index (χ2v) is 7.51. The topological polar surface area (TPSA) is 61.9 Å². The Morgan fingerprint density at radius 1 is 0.903 bits per heavy atom. The van der Waals surface area contributed by atoms with Gasteiger partial charge in [-0.25, -0.2) is 0 Å². The molecule has 160 valence electrons. The first-order valence-electron chi connectivity index (χ1n) is 10.7. The van der Waals surface area contributed by atoms with Gasteiger partial charge in [0.05, 0.1) is 18.8 Å². The van der Waals surface area contributed by atoms with E-state index in [1.807, 2.05) is 67.6 Å². The molecular weight excluding hydrogens is 390 g/mol. The van der Waals surface area contributed by atoms with Crippen LogP contribution >= 0.6 is 0 Å². The number of hydrogen-bond donors (Lipinski definition) is 1. The second-order valence-electron chi connectivity index (χ2n) is 7.51. The van der Waals surface area contributed by atoms with Gasteiger partial charge in [-0.1, -0.05) is 42.5 Å². The molecule has 1 saturated heterocycles. The van der Waals surface area contributed by atoms with Gasteiger partial charge in [-0.3, -0.25) is 9.59 Å². The van der Waals surface area contributed by atoms with Crippen LogP contribution in [0.3, 0.4) is 0 Å². The maximum atomic E-state index is 12.6. The van der Waals surface area contributed by atoms with Gasteiger partial charge in [-0.2, -0.15) is 0 Å². The molecule has 6 heteroatoms. The van der Waals surface area contributed by atoms with E-state index in [1.165, 1.54) is 0 Å². The van der Waals surface area contributed by atoms with Gasteiger partial charge < -0.3 is 19.9 Å². The molecular formula is C25H27N3O3. The Morgan fingerprint density at radius 2 is 1.61 bits per heavy atom. The smallest absolute Gasteiger partial charge is 0.251 e. The van der Waals surface area contributed by atoms with E-state index in [-0.39, 0.29) is 18.4 Å². The Morgan fingerprint density at radius 3 is 2.39 bits per heavy atom. The van der Waals surface area contributed by atoms with Crippen molar-refractivity contribution in [2.45, 2.75) is 6.92 Å². The number of nitrogens with zero attached hydrogens (tertiary/aromatic N) is 2. The number of hydrogen-bond acceptors (Lipinski definition) is 4. The van der Waals surface area contributed by atoms with Gasteiger partial charge in [0.2, 0.25) is 5.91 Å². The predicted octanol–water partition coefficient (Wildman–Crippen LogP) is 3.32. The summed E-state index contributed by atoms with van der Waals surface area (Å²) < 4.78 is 5.73. The molecule has 0 saturated carbocycles. The van der Waals surface area contributed by atoms with E-state index < -0.39 is 0 Å². The van der Waals surface area contributed by atoms with Crippen molar-refractivity contribution in [1.82, 2.24) is 10.2 Å². The van der Waals surface area contributed by atoms with Crippen LogP contribution in [-0.2, 0) is 4.79 Å². The molecule has 1 aliphatic heterocycles. The van der Waals surface area contributed by atoms with Crippen LogP contribution in [0.1, 0.15) is 17.3 Å². The summed E-state index contributed by atoms with van der Waals surface area (Å²) in [6.45, 7) is 5.28. The van der Waals surface area contributed by atoms with Crippen molar-refractivity contribution in [1.29, 1.82) is 0 Å². The van der Waals surface area contributed by atoms with Crippen molar-refractivity contribution in [3.05, 3.63) is 72.3 Å². The molecule has 0 atom stereocenters. The number of para-hydroxylation sites is 2. The highest BCUT2D eigenvalue weighted by Crippen LogP contribution is 2.28. The number of rotatable bonds is 6. The number of carbonyl (C=O) groups excluding carboxylic acids is 2. The molecule has 0 spiro atoms. The fourth-order valence-corrected chi connectivity index (χ4v) is 3.89. The second kappa shape index (κ2) is 9.51. The summed E-state index contributed by atoms with van der Waals surface area (Å²) in [5.41, 5.74) is 1.62. The number of benzene rings is 3. The van der Waals surface area contributed by atoms with Gasteiger partial charge in [0, 0.05) is 31.7 Å². The largest absolute Gasteiger partial charge is 0.492 e. The van der Waals surface area contributed by atoms with Crippen molar-refractivity contribution in [3.63, 3.8) is 0 Å². The SMILES string of the molecule is CCOc1ccccc1N1CCN(C(=O)CNC(=O)c2ccc3ccccc3c2)CC1. The lowest BCUT2D eigenvalue weighted by atomic mass is 10.1. The van der Waals surface area contributed by atoms with Crippen LogP contribution < -0.4 is 15.0 Å². The molecule has 4 rings (SSSR count). The first-order chi connectivity index (χ1) is 15.2. The lowest BCUT2D eigenvalue weighted by Gasteiger charge is -2.36. The minimum Gasteiger partial charge on any atom is -0.492 e. The van der Waals surface area contributed by atoms with Crippen molar-refractivity contribution in [2.75, 3.05) is 44.2 Å². The first-order valence-corrected chi connectivity index (χ1v) is 10.7. The molecule has 0 radical (unpaired) electrons. The average Bonchev–Trinajstić information content (AvgIpc) is 2.82. The van der Waals surface area contributed by atoms with Gasteiger partial charge in [0.15, 0.2) is 0 Å². The summed E-state index contributed by atoms with van der Waals surface area (Å²) in [5, 5.41) is 4.85. The summed E-state index contributed by atoms with van der Waals surface area (Å²) in [4.78, 5) is 29.2. The standard InChI is InChI=1S/C25H27N3O3/c1-2-31-23-10-6-5-9-22(23)27-13-15-28(16-14-27)24(29)18-26-25(30)21-12-11-19-7-3-4-8-20(19)17-21/h3-12,17H,2,13-16,18H2,1H3,(H,26,30). The molecule has 1 aliphatic rings. The van der Waals surface area contributed by atoms with E-state index in [0.29, 0.717) is 25.3 Å². The van der Waals surface area contributed by atoms with E-state index in [9.17, 15) is 9.59 Å². The highest BCUT2D eigenvalue weighted by atomic mass is 16.5. The summed E-state index contributed by atoms with van der Waals surface area (Å²) in [7, 11) is 0. The van der Waals surface area contributed by atoms with Crippen molar-refractivity contribution in [3.8, 4) is 5.75 Å². The summed E-state index contributed by atoms with van der Waals surface area (Å²) in [6.07, 6.45) is 0. The predicted molar refractivity (Wildman–Crippen MR) is 123 cm³/mol. The lowest BCUT2D eigenvalue weighted by molar-refractivity contribution is -0.130. The van der Waals surface area contributed by atoms with Gasteiger partial charge in [0.25, 0.3) is 5.91 Å². The third-order valence-electron chi connectivity index (χ3n) is 5.55. The summed E-state index contributed by atoms with van der Waals surface area (Å²) >= 11 is 0. The quantitative estimate of drug-likeness (QED) is 0.668. The highest BCUT2D eigenvalue weighted by molar-refractivity contribution is 6.00. The Labute approximate surface area is 182 Å². The number of carbonyl (C=O) groups is 2. The minimum atomic E-state index is -0.233. The van der Waals surface area contributed by atoms with Gasteiger partial charge in [-0.05, 0) is 42.0 Å². The Balaban J connectivity index is 1.30. The van der Waals surface area contributed by atoms with E-state index in [4.69, 9.17) is 4.74 Å². The van der Waals surface area contributed by atoms with Crippen molar-refractivity contribution < 1.29 is 14.3 Å². The van der Waals surface area contributed by atoms with E-state index in [0.717, 1.165) is 35.3 Å². The van der Waals surface area contributed by atoms with Crippen molar-refractivity contribution >= 4 is 28.3 Å². The number of fused-ring (bicyclic) bond motifs is 1. The van der Waals surface area contributed by atoms with Crippen LogP contribution in [0.2, 0.25) is 0 Å². The molecule has 3 aromatic carbocycles. The third kappa shape index (κ3) is 4.79. The fraction of sp³-hybridized carbons (Fsp3) is 0.280. The normalized spacial score (nSPS) is 13.8. The maximum Gasteiger partial charge on any atom is 0.251 e. The molecule has 6 nitrogen and oxygen atoms in total. The van der Waals surface area contributed by atoms with E-state index >= 15 is 0 Å². The fourth-order valence-electron chi connectivity index (χ4n) is 3.89. The Bertz CT molecular complexity index is 1070. The third-order valence-corrected chi connectivity index (χ3v) is 5.55. The van der Waals surface area contributed by atoms with Crippen LogP contribution in [0, 0.1) is 0 Å². The molecule has 1 N–H and O–H groups in total. The highest BCUT2D eigenvalue weighted by Gasteiger charge is 2.23. The molecule has 3 aromatic rings. The molecule has 1 heterocycles. The molecule has 1 fully saturated rings. The zero-order valence-corrected chi connectivity index (χ0v) is 17.7. The van der Waals surface area contributed by atoms with Gasteiger partial charge in [-0.15, -0.1) is 0 Å². The number of ether oxygens (including phenoxy) is 1. The summed E-state index contributed by atoms with van der Waals surface area (Å²) in [6, 6.07) is 21.4. The number of piperazine rings is 1. The van der Waals surface area contributed by atoms with Crippen LogP contribution in [0.4, 0.5) is 5.69 Å². The minimum absolute atomic E-state index is 0.00118. The number of anilines is 1. The number of nitrogens with one attached hydrogen (secondary N) is 1. The Kier molecular flexibility index (Phi) is 6.36. The molecule has 2 amide bonds. The molecule has 0 aromatic heterocycles. The molecule has 0 unspecified atom stereocenters. The van der Waals surface area contributed by atoms with E-state index in [1.54, 1.807) is 11.0 Å². The Hall–Kier alpha value is -3.54. The summed E-state index contributed by atoms with van der Waals surface area (Å²) in [5.74, 6) is 0.572. The zero-order chi connectivity index (χ0) is 21.6. The monoisotopic (exact) mass is 417 g/mol. The maximum absolute atomic E-state index is 12.6. The van der Waals surface area contributed by atoms with Crippen LogP contribution in [0.5, 0.6) is 5.75 Å². The molecule has 0 bridgehead atoms. The number of amides is 2. The van der Waals surface area contributed by atoms with Gasteiger partial charge >= 0.3 is 0 Å². The molecule has 0 aliphatic carbocycles. The zero-order valence-electron chi connectivity index (χ0n) is 17.7. The van der Waals surface area contributed by atoms with Crippen molar-refractivity contribution in [2.24, 2.45) is 0 Å². The van der Waals surface area contributed by atoms with Crippen LogP contribution in [0.15, 0.2) is 66.7 Å². The molecule has 31 heavy (non-hydrogen) atoms. The van der Waals surface area contributed by atoms with Crippen LogP contribution in [-0.4, -0.2) is 56.0 Å². The first kappa shape index (κ1) is 20.7. The van der Waals surface area contributed by atoms with E-state index in [2.05, 4.69) is 10.2 Å².